The number of aliphatic carboxylic acids is 1. The van der Waals surface area contributed by atoms with Crippen LogP contribution < -0.4 is 10.6 Å². The molecule has 2 amide bonds. The first-order valence-corrected chi connectivity index (χ1v) is 12.0. The van der Waals surface area contributed by atoms with Crippen molar-refractivity contribution in [3.8, 4) is 0 Å². The van der Waals surface area contributed by atoms with Crippen LogP contribution in [0.4, 0.5) is 4.79 Å². The Labute approximate surface area is 190 Å². The minimum Gasteiger partial charge on any atom is -0.481 e. The van der Waals surface area contributed by atoms with Crippen molar-refractivity contribution in [2.24, 2.45) is 23.7 Å². The molecule has 7 heteroatoms. The molecule has 0 spiro atoms. The van der Waals surface area contributed by atoms with Crippen LogP contribution >= 0.6 is 0 Å². The largest absolute Gasteiger partial charge is 0.481 e. The second-order valence-corrected chi connectivity index (χ2v) is 9.23. The predicted octanol–water partition coefficient (Wildman–Crippen LogP) is 4.12. The number of ether oxygens (including phenoxy) is 1. The Morgan fingerprint density at radius 2 is 1.66 bits per heavy atom. The second kappa shape index (κ2) is 12.5. The van der Waals surface area contributed by atoms with E-state index < -0.39 is 12.1 Å². The van der Waals surface area contributed by atoms with Gasteiger partial charge < -0.3 is 20.5 Å². The normalized spacial score (nSPS) is 23.6. The number of carbonyl (C=O) groups is 3. The first kappa shape index (κ1) is 24.1. The first-order chi connectivity index (χ1) is 15.5. The lowest BCUT2D eigenvalue weighted by atomic mass is 9.76. The molecule has 4 atom stereocenters. The number of benzene rings is 1. The molecule has 7 nitrogen and oxygen atoms in total. The van der Waals surface area contributed by atoms with Gasteiger partial charge in [0.15, 0.2) is 0 Å². The third-order valence-corrected chi connectivity index (χ3v) is 7.09. The summed E-state index contributed by atoms with van der Waals surface area (Å²) in [4.78, 5) is 34.7. The standard InChI is InChI=1S/C25H36N2O5/c28-23(16-27-25(31)32-17-18-8-4-3-5-9-18)26-15-22-20-13-12-19(14-20)21(22)10-6-1-2-7-11-24(29)30/h3-5,8-9,19-22H,1-2,6-7,10-17H2,(H,26,28)(H,27,31)(H,29,30). The maximum atomic E-state index is 12.2. The Kier molecular flexibility index (Phi) is 9.38. The lowest BCUT2D eigenvalue weighted by Gasteiger charge is -2.31. The highest BCUT2D eigenvalue weighted by molar-refractivity contribution is 5.82. The van der Waals surface area contributed by atoms with E-state index in [0.717, 1.165) is 37.2 Å². The highest BCUT2D eigenvalue weighted by Crippen LogP contribution is 2.53. The molecule has 1 aromatic carbocycles. The van der Waals surface area contributed by atoms with Gasteiger partial charge in [-0.15, -0.1) is 0 Å². The average Bonchev–Trinajstić information content (AvgIpc) is 3.39. The summed E-state index contributed by atoms with van der Waals surface area (Å²) in [6.07, 6.45) is 8.60. The zero-order chi connectivity index (χ0) is 22.8. The van der Waals surface area contributed by atoms with Crippen LogP contribution in [0.1, 0.15) is 63.4 Å². The lowest BCUT2D eigenvalue weighted by molar-refractivity contribution is -0.137. The van der Waals surface area contributed by atoms with Gasteiger partial charge in [-0.05, 0) is 61.3 Å². The molecular formula is C25H36N2O5. The summed E-state index contributed by atoms with van der Waals surface area (Å²) in [6, 6.07) is 9.42. The van der Waals surface area contributed by atoms with Gasteiger partial charge in [0.25, 0.3) is 0 Å². The molecule has 2 saturated carbocycles. The van der Waals surface area contributed by atoms with Crippen molar-refractivity contribution < 1.29 is 24.2 Å². The van der Waals surface area contributed by atoms with Gasteiger partial charge in [0.1, 0.15) is 6.61 Å². The molecule has 32 heavy (non-hydrogen) atoms. The number of carboxylic acids is 1. The summed E-state index contributed by atoms with van der Waals surface area (Å²) < 4.78 is 5.14. The van der Waals surface area contributed by atoms with Crippen LogP contribution in [-0.4, -0.2) is 36.2 Å². The average molecular weight is 445 g/mol. The quantitative estimate of drug-likeness (QED) is 0.397. The number of unbranched alkanes of at least 4 members (excludes halogenated alkanes) is 3. The van der Waals surface area contributed by atoms with Crippen molar-refractivity contribution in [3.05, 3.63) is 35.9 Å². The van der Waals surface area contributed by atoms with Gasteiger partial charge in [0, 0.05) is 13.0 Å². The van der Waals surface area contributed by atoms with Gasteiger partial charge in [-0.2, -0.15) is 0 Å². The van der Waals surface area contributed by atoms with E-state index in [1.165, 1.54) is 25.7 Å². The van der Waals surface area contributed by atoms with Gasteiger partial charge in [0.2, 0.25) is 5.91 Å². The van der Waals surface area contributed by atoms with Crippen molar-refractivity contribution in [2.75, 3.05) is 13.1 Å². The van der Waals surface area contributed by atoms with E-state index in [4.69, 9.17) is 9.84 Å². The number of hydrogen-bond acceptors (Lipinski definition) is 4. The van der Waals surface area contributed by atoms with Gasteiger partial charge >= 0.3 is 12.1 Å². The molecular weight excluding hydrogens is 408 g/mol. The van der Waals surface area contributed by atoms with E-state index in [0.29, 0.717) is 24.3 Å². The van der Waals surface area contributed by atoms with Crippen molar-refractivity contribution >= 4 is 18.0 Å². The zero-order valence-electron chi connectivity index (χ0n) is 18.8. The minimum atomic E-state index is -0.715. The summed E-state index contributed by atoms with van der Waals surface area (Å²) in [7, 11) is 0. The lowest BCUT2D eigenvalue weighted by Crippen LogP contribution is -2.41. The number of nitrogens with one attached hydrogen (secondary N) is 2. The minimum absolute atomic E-state index is 0.0807. The van der Waals surface area contributed by atoms with E-state index in [1.807, 2.05) is 30.3 Å². The monoisotopic (exact) mass is 444 g/mol. The smallest absolute Gasteiger partial charge is 0.407 e. The molecule has 4 unspecified atom stereocenters. The number of alkyl carbamates (subject to hydrolysis) is 1. The highest BCUT2D eigenvalue weighted by Gasteiger charge is 2.46. The summed E-state index contributed by atoms with van der Waals surface area (Å²) >= 11 is 0. The van der Waals surface area contributed by atoms with Crippen LogP contribution in [0.15, 0.2) is 30.3 Å². The topological polar surface area (TPSA) is 105 Å². The highest BCUT2D eigenvalue weighted by atomic mass is 16.5. The second-order valence-electron chi connectivity index (χ2n) is 9.23. The number of carbonyl (C=O) groups excluding carboxylic acids is 2. The number of rotatable bonds is 13. The van der Waals surface area contributed by atoms with Crippen LogP contribution in [0.3, 0.4) is 0 Å². The van der Waals surface area contributed by atoms with Crippen LogP contribution in [-0.2, 0) is 20.9 Å². The van der Waals surface area contributed by atoms with Gasteiger partial charge in [-0.25, -0.2) is 4.79 Å². The molecule has 2 fully saturated rings. The molecule has 3 N–H and O–H groups in total. The molecule has 0 aliphatic heterocycles. The van der Waals surface area contributed by atoms with Crippen LogP contribution in [0.2, 0.25) is 0 Å². The maximum absolute atomic E-state index is 12.2. The van der Waals surface area contributed by atoms with E-state index in [-0.39, 0.29) is 25.5 Å². The van der Waals surface area contributed by atoms with Crippen molar-refractivity contribution in [3.63, 3.8) is 0 Å². The number of fused-ring (bicyclic) bond motifs is 2. The summed E-state index contributed by atoms with van der Waals surface area (Å²) in [6.45, 7) is 0.768. The summed E-state index contributed by atoms with van der Waals surface area (Å²) in [5.74, 6) is 1.73. The molecule has 0 radical (unpaired) electrons. The van der Waals surface area contributed by atoms with Crippen molar-refractivity contribution in [1.82, 2.24) is 10.6 Å². The molecule has 1 aromatic rings. The Morgan fingerprint density at radius 3 is 2.41 bits per heavy atom. The molecule has 0 saturated heterocycles. The molecule has 176 valence electrons. The fourth-order valence-electron chi connectivity index (χ4n) is 5.53. The van der Waals surface area contributed by atoms with E-state index in [9.17, 15) is 14.4 Å². The maximum Gasteiger partial charge on any atom is 0.407 e. The molecule has 2 bridgehead atoms. The Hall–Kier alpha value is -2.57. The van der Waals surface area contributed by atoms with E-state index in [1.54, 1.807) is 0 Å². The Morgan fingerprint density at radius 1 is 0.938 bits per heavy atom. The molecule has 2 aliphatic carbocycles. The van der Waals surface area contributed by atoms with Gasteiger partial charge in [-0.3, -0.25) is 9.59 Å². The van der Waals surface area contributed by atoms with Crippen LogP contribution in [0.5, 0.6) is 0 Å². The zero-order valence-corrected chi connectivity index (χ0v) is 18.8. The SMILES string of the molecule is O=C(O)CCCCCCC1C2CCC(C2)C1CNC(=O)CNC(=O)OCc1ccccc1. The van der Waals surface area contributed by atoms with Gasteiger partial charge in [-0.1, -0.05) is 49.6 Å². The predicted molar refractivity (Wildman–Crippen MR) is 121 cm³/mol. The van der Waals surface area contributed by atoms with E-state index in [2.05, 4.69) is 10.6 Å². The summed E-state index contributed by atoms with van der Waals surface area (Å²) in [5, 5.41) is 14.3. The van der Waals surface area contributed by atoms with Crippen molar-refractivity contribution in [2.45, 2.75) is 64.4 Å². The molecule has 3 rings (SSSR count). The van der Waals surface area contributed by atoms with Crippen molar-refractivity contribution in [1.29, 1.82) is 0 Å². The Bertz CT molecular complexity index is 754. The fraction of sp³-hybridized carbons (Fsp3) is 0.640. The first-order valence-electron chi connectivity index (χ1n) is 12.0. The third kappa shape index (κ3) is 7.53. The molecule has 0 aromatic heterocycles. The fourth-order valence-corrected chi connectivity index (χ4v) is 5.53. The number of amides is 2. The van der Waals surface area contributed by atoms with Gasteiger partial charge in [0.05, 0.1) is 6.54 Å². The molecule has 0 heterocycles. The van der Waals surface area contributed by atoms with E-state index >= 15 is 0 Å². The van der Waals surface area contributed by atoms with Crippen LogP contribution in [0, 0.1) is 23.7 Å². The summed E-state index contributed by atoms with van der Waals surface area (Å²) in [5.41, 5.74) is 0.899. The third-order valence-electron chi connectivity index (χ3n) is 7.09. The molecule has 2 aliphatic rings. The number of hydrogen-bond donors (Lipinski definition) is 3. The van der Waals surface area contributed by atoms with Crippen LogP contribution in [0.25, 0.3) is 0 Å². The number of carboxylic acid groups (broad SMARTS) is 1. The Balaban J connectivity index is 1.31.